The molecule has 1 heterocycles. The molecular formula is C26H28N4O5. The van der Waals surface area contributed by atoms with Gasteiger partial charge in [0.05, 0.1) is 12.1 Å². The molecule has 1 unspecified atom stereocenters. The maximum absolute atomic E-state index is 12.8. The number of amides is 2. The molecule has 0 saturated carbocycles. The Hall–Kier alpha value is -4.14. The topological polar surface area (TPSA) is 123 Å². The zero-order chi connectivity index (χ0) is 24.9. The second-order valence-corrected chi connectivity index (χ2v) is 8.52. The lowest BCUT2D eigenvalue weighted by atomic mass is 9.98. The third kappa shape index (κ3) is 5.03. The molecule has 0 bridgehead atoms. The molecule has 182 valence electrons. The number of aromatic carboxylic acids is 1. The van der Waals surface area contributed by atoms with Crippen molar-refractivity contribution < 1.29 is 24.2 Å². The van der Waals surface area contributed by atoms with Crippen LogP contribution in [0.15, 0.2) is 54.7 Å². The average molecular weight is 477 g/mol. The van der Waals surface area contributed by atoms with Gasteiger partial charge >= 0.3 is 12.1 Å². The molecule has 0 aliphatic heterocycles. The van der Waals surface area contributed by atoms with Crippen molar-refractivity contribution in [2.75, 3.05) is 18.5 Å². The number of nitrogens with zero attached hydrogens (tertiary/aromatic N) is 2. The van der Waals surface area contributed by atoms with Gasteiger partial charge in [0.15, 0.2) is 0 Å². The predicted octanol–water partition coefficient (Wildman–Crippen LogP) is 4.01. The van der Waals surface area contributed by atoms with Crippen molar-refractivity contribution in [2.45, 2.75) is 25.7 Å². The summed E-state index contributed by atoms with van der Waals surface area (Å²) in [5, 5.41) is 18.5. The van der Waals surface area contributed by atoms with Crippen molar-refractivity contribution >= 4 is 23.8 Å². The Balaban J connectivity index is 1.36. The second-order valence-electron chi connectivity index (χ2n) is 8.52. The first-order valence-electron chi connectivity index (χ1n) is 11.6. The van der Waals surface area contributed by atoms with Gasteiger partial charge in [0.25, 0.3) is 0 Å². The Kier molecular flexibility index (Phi) is 7.14. The van der Waals surface area contributed by atoms with E-state index in [0.29, 0.717) is 12.8 Å². The van der Waals surface area contributed by atoms with Crippen molar-refractivity contribution in [3.05, 3.63) is 71.4 Å². The van der Waals surface area contributed by atoms with Gasteiger partial charge in [-0.2, -0.15) is 5.10 Å². The van der Waals surface area contributed by atoms with Gasteiger partial charge in [-0.3, -0.25) is 9.48 Å². The third-order valence-electron chi connectivity index (χ3n) is 6.26. The quantitative estimate of drug-likeness (QED) is 0.429. The summed E-state index contributed by atoms with van der Waals surface area (Å²) in [6.45, 7) is 2.18. The molecule has 3 N–H and O–H groups in total. The number of carboxylic acids is 1. The normalized spacial score (nSPS) is 13.0. The van der Waals surface area contributed by atoms with Gasteiger partial charge in [0, 0.05) is 19.5 Å². The van der Waals surface area contributed by atoms with Crippen LogP contribution in [-0.4, -0.2) is 46.0 Å². The van der Waals surface area contributed by atoms with Crippen molar-refractivity contribution in [1.82, 2.24) is 15.1 Å². The number of rotatable bonds is 9. The molecule has 3 aromatic rings. The fraction of sp³-hybridized carbons (Fsp3) is 0.308. The number of aryl methyl sites for hydroxylation is 1. The van der Waals surface area contributed by atoms with Gasteiger partial charge < -0.3 is 20.5 Å². The average Bonchev–Trinajstić information content (AvgIpc) is 3.38. The van der Waals surface area contributed by atoms with E-state index in [1.54, 1.807) is 7.05 Å². The summed E-state index contributed by atoms with van der Waals surface area (Å²) in [4.78, 5) is 36.7. The fourth-order valence-electron chi connectivity index (χ4n) is 4.49. The lowest BCUT2D eigenvalue weighted by Crippen LogP contribution is -2.36. The highest BCUT2D eigenvalue weighted by molar-refractivity contribution is 6.00. The molecule has 2 aromatic carbocycles. The molecule has 1 aromatic heterocycles. The summed E-state index contributed by atoms with van der Waals surface area (Å²) >= 11 is 0. The number of hydrogen-bond donors (Lipinski definition) is 3. The van der Waals surface area contributed by atoms with E-state index in [1.165, 1.54) is 10.9 Å². The molecule has 0 saturated heterocycles. The van der Waals surface area contributed by atoms with E-state index in [1.807, 2.05) is 43.3 Å². The lowest BCUT2D eigenvalue weighted by Gasteiger charge is -2.18. The van der Waals surface area contributed by atoms with Crippen LogP contribution < -0.4 is 10.6 Å². The molecule has 1 aliphatic rings. The summed E-state index contributed by atoms with van der Waals surface area (Å²) in [5.41, 5.74) is 4.44. The summed E-state index contributed by atoms with van der Waals surface area (Å²) in [6, 6.07) is 16.2. The summed E-state index contributed by atoms with van der Waals surface area (Å²) < 4.78 is 6.84. The Labute approximate surface area is 203 Å². The van der Waals surface area contributed by atoms with Gasteiger partial charge in [0.1, 0.15) is 18.0 Å². The van der Waals surface area contributed by atoms with Gasteiger partial charge in [-0.05, 0) is 28.7 Å². The number of carbonyl (C=O) groups excluding carboxylic acids is 2. The summed E-state index contributed by atoms with van der Waals surface area (Å²) in [6.07, 6.45) is 1.80. The van der Waals surface area contributed by atoms with E-state index < -0.39 is 23.9 Å². The van der Waals surface area contributed by atoms with E-state index in [-0.39, 0.29) is 30.5 Å². The first-order chi connectivity index (χ1) is 16.9. The van der Waals surface area contributed by atoms with Crippen LogP contribution in [0.4, 0.5) is 10.6 Å². The van der Waals surface area contributed by atoms with Crippen molar-refractivity contribution in [3.8, 4) is 11.1 Å². The third-order valence-corrected chi connectivity index (χ3v) is 6.26. The van der Waals surface area contributed by atoms with Crippen LogP contribution in [0.25, 0.3) is 11.1 Å². The van der Waals surface area contributed by atoms with E-state index in [0.717, 1.165) is 22.3 Å². The van der Waals surface area contributed by atoms with E-state index in [4.69, 9.17) is 4.74 Å². The van der Waals surface area contributed by atoms with Gasteiger partial charge in [-0.25, -0.2) is 9.59 Å². The van der Waals surface area contributed by atoms with Crippen molar-refractivity contribution in [2.24, 2.45) is 13.0 Å². The van der Waals surface area contributed by atoms with E-state index >= 15 is 0 Å². The number of aromatic nitrogens is 2. The highest BCUT2D eigenvalue weighted by Crippen LogP contribution is 2.44. The highest BCUT2D eigenvalue weighted by atomic mass is 16.5. The number of nitrogens with one attached hydrogen (secondary N) is 2. The number of carbonyl (C=O) groups is 3. The van der Waals surface area contributed by atoms with Crippen LogP contribution in [0.2, 0.25) is 0 Å². The number of anilines is 1. The van der Waals surface area contributed by atoms with E-state index in [2.05, 4.69) is 27.9 Å². The number of alkyl carbamates (subject to hydrolysis) is 1. The molecular weight excluding hydrogens is 448 g/mol. The largest absolute Gasteiger partial charge is 0.477 e. The predicted molar refractivity (Wildman–Crippen MR) is 130 cm³/mol. The molecule has 35 heavy (non-hydrogen) atoms. The number of ether oxygens (including phenoxy) is 1. The molecule has 4 rings (SSSR count). The molecule has 0 radical (unpaired) electrons. The van der Waals surface area contributed by atoms with Crippen LogP contribution in [0.3, 0.4) is 0 Å². The van der Waals surface area contributed by atoms with Crippen LogP contribution in [0, 0.1) is 5.92 Å². The molecule has 9 heteroatoms. The minimum absolute atomic E-state index is 0.0535. The van der Waals surface area contributed by atoms with E-state index in [9.17, 15) is 19.5 Å². The zero-order valence-corrected chi connectivity index (χ0v) is 19.7. The standard InChI is InChI=1S/C26H28N4O5/c1-3-8-16(24(31)29-23-21(25(32)33)14-28-30(23)2)13-27-26(34)35-15-22-19-11-6-4-9-17(19)18-10-5-7-12-20(18)22/h4-7,9-12,14,16,22H,3,8,13,15H2,1-2H3,(H,27,34)(H,29,31)(H,32,33). The number of hydrogen-bond acceptors (Lipinski definition) is 5. The lowest BCUT2D eigenvalue weighted by molar-refractivity contribution is -0.120. The molecule has 0 fully saturated rings. The van der Waals surface area contributed by atoms with Gasteiger partial charge in [-0.15, -0.1) is 0 Å². The Morgan fingerprint density at radius 3 is 2.31 bits per heavy atom. The van der Waals surface area contributed by atoms with Crippen LogP contribution in [0.1, 0.15) is 47.2 Å². The first-order valence-corrected chi connectivity index (χ1v) is 11.6. The summed E-state index contributed by atoms with van der Waals surface area (Å²) in [7, 11) is 1.55. The number of fused-ring (bicyclic) bond motifs is 3. The summed E-state index contributed by atoms with van der Waals surface area (Å²) in [5.74, 6) is -2.09. The first kappa shape index (κ1) is 24.0. The molecule has 9 nitrogen and oxygen atoms in total. The molecule has 0 spiro atoms. The number of benzene rings is 2. The fourth-order valence-corrected chi connectivity index (χ4v) is 4.49. The molecule has 1 atom stereocenters. The Bertz CT molecular complexity index is 1210. The highest BCUT2D eigenvalue weighted by Gasteiger charge is 2.29. The van der Waals surface area contributed by atoms with Crippen LogP contribution in [0.5, 0.6) is 0 Å². The molecule has 1 aliphatic carbocycles. The number of carboxylic acid groups (broad SMARTS) is 1. The van der Waals surface area contributed by atoms with Crippen molar-refractivity contribution in [1.29, 1.82) is 0 Å². The van der Waals surface area contributed by atoms with Crippen LogP contribution in [-0.2, 0) is 16.6 Å². The Morgan fingerprint density at radius 2 is 1.71 bits per heavy atom. The minimum atomic E-state index is -1.18. The molecule has 2 amide bonds. The Morgan fingerprint density at radius 1 is 1.09 bits per heavy atom. The zero-order valence-electron chi connectivity index (χ0n) is 19.7. The second kappa shape index (κ2) is 10.4. The SMILES string of the molecule is CCCC(CNC(=O)OCC1c2ccccc2-c2ccccc21)C(=O)Nc1c(C(=O)O)cnn1C. The maximum atomic E-state index is 12.8. The van der Waals surface area contributed by atoms with Crippen molar-refractivity contribution in [3.63, 3.8) is 0 Å². The monoisotopic (exact) mass is 476 g/mol. The van der Waals surface area contributed by atoms with Gasteiger partial charge in [-0.1, -0.05) is 61.9 Å². The van der Waals surface area contributed by atoms with Crippen LogP contribution >= 0.6 is 0 Å². The minimum Gasteiger partial charge on any atom is -0.477 e. The maximum Gasteiger partial charge on any atom is 0.407 e. The van der Waals surface area contributed by atoms with Gasteiger partial charge in [0.2, 0.25) is 5.91 Å². The smallest absolute Gasteiger partial charge is 0.407 e.